The van der Waals surface area contributed by atoms with E-state index in [1.165, 1.54) is 11.1 Å². The Morgan fingerprint density at radius 3 is 2.76 bits per heavy atom. The molecule has 1 aromatic heterocycles. The van der Waals surface area contributed by atoms with Crippen LogP contribution in [-0.2, 0) is 11.3 Å². The summed E-state index contributed by atoms with van der Waals surface area (Å²) in [5, 5.41) is 8.68. The number of hydrogen-bond donors (Lipinski definition) is 1. The SMILES string of the molecule is Cc1ccc(-c2cn(CC(=O)O)cn2)cc1C. The van der Waals surface area contributed by atoms with Crippen molar-refractivity contribution >= 4 is 5.97 Å². The van der Waals surface area contributed by atoms with Crippen LogP contribution in [0.2, 0.25) is 0 Å². The van der Waals surface area contributed by atoms with Crippen LogP contribution in [-0.4, -0.2) is 20.6 Å². The average Bonchev–Trinajstić information content (AvgIpc) is 2.69. The highest BCUT2D eigenvalue weighted by atomic mass is 16.4. The average molecular weight is 230 g/mol. The van der Waals surface area contributed by atoms with Gasteiger partial charge in [0.1, 0.15) is 6.54 Å². The summed E-state index contributed by atoms with van der Waals surface area (Å²) in [6.07, 6.45) is 3.29. The maximum atomic E-state index is 10.6. The molecule has 0 amide bonds. The largest absolute Gasteiger partial charge is 0.480 e. The van der Waals surface area contributed by atoms with Crippen molar-refractivity contribution in [3.8, 4) is 11.3 Å². The van der Waals surface area contributed by atoms with Crippen LogP contribution < -0.4 is 0 Å². The quantitative estimate of drug-likeness (QED) is 0.879. The number of hydrogen-bond acceptors (Lipinski definition) is 2. The lowest BCUT2D eigenvalue weighted by molar-refractivity contribution is -0.137. The maximum Gasteiger partial charge on any atom is 0.323 e. The van der Waals surface area contributed by atoms with E-state index in [1.54, 1.807) is 17.1 Å². The molecule has 0 radical (unpaired) electrons. The molecule has 4 nitrogen and oxygen atoms in total. The molecule has 0 saturated carbocycles. The number of benzene rings is 1. The molecule has 0 saturated heterocycles. The molecule has 0 aliphatic rings. The molecule has 0 atom stereocenters. The van der Waals surface area contributed by atoms with Gasteiger partial charge < -0.3 is 9.67 Å². The van der Waals surface area contributed by atoms with E-state index in [2.05, 4.69) is 18.0 Å². The number of aryl methyl sites for hydroxylation is 2. The second kappa shape index (κ2) is 4.41. The number of carbonyl (C=O) groups is 1. The second-order valence-electron chi connectivity index (χ2n) is 4.12. The molecular weight excluding hydrogens is 216 g/mol. The van der Waals surface area contributed by atoms with Crippen molar-refractivity contribution < 1.29 is 9.90 Å². The first-order chi connectivity index (χ1) is 8.06. The molecule has 2 aromatic rings. The van der Waals surface area contributed by atoms with Crippen LogP contribution in [0.4, 0.5) is 0 Å². The minimum Gasteiger partial charge on any atom is -0.480 e. The third-order valence-electron chi connectivity index (χ3n) is 2.75. The third-order valence-corrected chi connectivity index (χ3v) is 2.75. The fraction of sp³-hybridized carbons (Fsp3) is 0.231. The zero-order chi connectivity index (χ0) is 12.4. The second-order valence-corrected chi connectivity index (χ2v) is 4.12. The van der Waals surface area contributed by atoms with Crippen LogP contribution in [0.5, 0.6) is 0 Å². The summed E-state index contributed by atoms with van der Waals surface area (Å²) in [7, 11) is 0. The fourth-order valence-electron chi connectivity index (χ4n) is 1.65. The number of nitrogens with zero attached hydrogens (tertiary/aromatic N) is 2. The van der Waals surface area contributed by atoms with Gasteiger partial charge in [-0.25, -0.2) is 4.98 Å². The van der Waals surface area contributed by atoms with E-state index in [1.807, 2.05) is 19.1 Å². The van der Waals surface area contributed by atoms with E-state index in [4.69, 9.17) is 5.11 Å². The molecule has 0 bridgehead atoms. The van der Waals surface area contributed by atoms with E-state index >= 15 is 0 Å². The summed E-state index contributed by atoms with van der Waals surface area (Å²) in [5.74, 6) is -0.867. The van der Waals surface area contributed by atoms with Gasteiger partial charge >= 0.3 is 5.97 Å². The predicted octanol–water partition coefficient (Wildman–Crippen LogP) is 2.25. The lowest BCUT2D eigenvalue weighted by atomic mass is 10.1. The third kappa shape index (κ3) is 2.53. The van der Waals surface area contributed by atoms with Crippen molar-refractivity contribution in [1.82, 2.24) is 9.55 Å². The lowest BCUT2D eigenvalue weighted by Gasteiger charge is -2.02. The molecule has 0 spiro atoms. The minimum atomic E-state index is -0.867. The summed E-state index contributed by atoms with van der Waals surface area (Å²) < 4.78 is 1.56. The molecule has 4 heteroatoms. The number of imidazole rings is 1. The minimum absolute atomic E-state index is 0.0577. The van der Waals surface area contributed by atoms with Crippen molar-refractivity contribution in [3.05, 3.63) is 41.9 Å². The highest BCUT2D eigenvalue weighted by Crippen LogP contribution is 2.20. The predicted molar refractivity (Wildman–Crippen MR) is 64.8 cm³/mol. The summed E-state index contributed by atoms with van der Waals surface area (Å²) in [6.45, 7) is 4.05. The number of rotatable bonds is 3. The number of carboxylic acid groups (broad SMARTS) is 1. The monoisotopic (exact) mass is 230 g/mol. The Bertz CT molecular complexity index is 558. The van der Waals surface area contributed by atoms with Gasteiger partial charge in [-0.2, -0.15) is 0 Å². The Morgan fingerprint density at radius 2 is 2.12 bits per heavy atom. The molecule has 1 heterocycles. The summed E-state index contributed by atoms with van der Waals surface area (Å²) in [4.78, 5) is 14.8. The highest BCUT2D eigenvalue weighted by Gasteiger charge is 2.05. The normalized spacial score (nSPS) is 10.5. The first-order valence-electron chi connectivity index (χ1n) is 5.37. The standard InChI is InChI=1S/C13H14N2O2/c1-9-3-4-11(5-10(9)2)12-6-15(8-14-12)7-13(16)17/h3-6,8H,7H2,1-2H3,(H,16,17). The Balaban J connectivity index is 2.30. The molecule has 0 aliphatic carbocycles. The van der Waals surface area contributed by atoms with Gasteiger partial charge in [-0.15, -0.1) is 0 Å². The Morgan fingerprint density at radius 1 is 1.35 bits per heavy atom. The van der Waals surface area contributed by atoms with Gasteiger partial charge in [0.2, 0.25) is 0 Å². The van der Waals surface area contributed by atoms with Crippen LogP contribution >= 0.6 is 0 Å². The van der Waals surface area contributed by atoms with Gasteiger partial charge in [-0.3, -0.25) is 4.79 Å². The smallest absolute Gasteiger partial charge is 0.323 e. The van der Waals surface area contributed by atoms with Crippen molar-refractivity contribution in [2.75, 3.05) is 0 Å². The topological polar surface area (TPSA) is 55.1 Å². The molecule has 0 aliphatic heterocycles. The lowest BCUT2D eigenvalue weighted by Crippen LogP contribution is -2.06. The van der Waals surface area contributed by atoms with E-state index in [-0.39, 0.29) is 6.54 Å². The van der Waals surface area contributed by atoms with E-state index in [9.17, 15) is 4.79 Å². The van der Waals surface area contributed by atoms with Gasteiger partial charge in [-0.05, 0) is 31.0 Å². The van der Waals surface area contributed by atoms with E-state index in [0.29, 0.717) is 0 Å². The summed E-state index contributed by atoms with van der Waals surface area (Å²) in [6, 6.07) is 6.10. The van der Waals surface area contributed by atoms with Gasteiger partial charge in [0.25, 0.3) is 0 Å². The first kappa shape index (κ1) is 11.4. The van der Waals surface area contributed by atoms with Gasteiger partial charge in [0.05, 0.1) is 12.0 Å². The zero-order valence-electron chi connectivity index (χ0n) is 9.84. The number of aliphatic carboxylic acids is 1. The molecule has 88 valence electrons. The van der Waals surface area contributed by atoms with Crippen molar-refractivity contribution in [2.45, 2.75) is 20.4 Å². The van der Waals surface area contributed by atoms with Crippen LogP contribution in [0, 0.1) is 13.8 Å². The molecule has 0 unspecified atom stereocenters. The highest BCUT2D eigenvalue weighted by molar-refractivity contribution is 5.67. The first-order valence-corrected chi connectivity index (χ1v) is 5.37. The van der Waals surface area contributed by atoms with Crippen LogP contribution in [0.1, 0.15) is 11.1 Å². The zero-order valence-corrected chi connectivity index (χ0v) is 9.84. The van der Waals surface area contributed by atoms with Crippen LogP contribution in [0.3, 0.4) is 0 Å². The number of carboxylic acids is 1. The van der Waals surface area contributed by atoms with Crippen molar-refractivity contribution in [1.29, 1.82) is 0 Å². The molecule has 17 heavy (non-hydrogen) atoms. The Hall–Kier alpha value is -2.10. The molecule has 1 aromatic carbocycles. The molecule has 2 rings (SSSR count). The van der Waals surface area contributed by atoms with Gasteiger partial charge in [0.15, 0.2) is 0 Å². The van der Waals surface area contributed by atoms with Gasteiger partial charge in [-0.1, -0.05) is 12.1 Å². The summed E-state index contributed by atoms with van der Waals surface area (Å²) >= 11 is 0. The van der Waals surface area contributed by atoms with Crippen LogP contribution in [0.25, 0.3) is 11.3 Å². The van der Waals surface area contributed by atoms with Crippen molar-refractivity contribution in [3.63, 3.8) is 0 Å². The fourth-order valence-corrected chi connectivity index (χ4v) is 1.65. The Kier molecular flexibility index (Phi) is 2.95. The summed E-state index contributed by atoms with van der Waals surface area (Å²) in [5.41, 5.74) is 4.25. The van der Waals surface area contributed by atoms with Crippen LogP contribution in [0.15, 0.2) is 30.7 Å². The van der Waals surface area contributed by atoms with E-state index in [0.717, 1.165) is 11.3 Å². The Labute approximate surface area is 99.5 Å². The molecule has 0 fully saturated rings. The number of aromatic nitrogens is 2. The maximum absolute atomic E-state index is 10.6. The van der Waals surface area contributed by atoms with E-state index < -0.39 is 5.97 Å². The molecular formula is C13H14N2O2. The molecule has 1 N–H and O–H groups in total. The van der Waals surface area contributed by atoms with Crippen molar-refractivity contribution in [2.24, 2.45) is 0 Å². The van der Waals surface area contributed by atoms with Gasteiger partial charge in [0, 0.05) is 11.8 Å².